The predicted molar refractivity (Wildman–Crippen MR) is 52.7 cm³/mol. The van der Waals surface area contributed by atoms with Gasteiger partial charge in [0.1, 0.15) is 0 Å². The van der Waals surface area contributed by atoms with E-state index < -0.39 is 18.2 Å². The monoisotopic (exact) mass is 218 g/mol. The molecule has 1 rings (SSSR count). The van der Waals surface area contributed by atoms with Crippen molar-refractivity contribution in [1.29, 1.82) is 0 Å². The number of nitrogens with two attached hydrogens (primary N) is 1. The number of hydrogen-bond acceptors (Lipinski definition) is 2. The summed E-state index contributed by atoms with van der Waals surface area (Å²) in [6, 6.07) is 2.17. The molecule has 0 aliphatic heterocycles. The largest absolute Gasteiger partial charge is 0.392 e. The van der Waals surface area contributed by atoms with Crippen molar-refractivity contribution < 1.29 is 13.9 Å². The molecule has 0 spiro atoms. The summed E-state index contributed by atoms with van der Waals surface area (Å²) in [5, 5.41) is 10.9. The third-order valence-corrected chi connectivity index (χ3v) is 1.70. The van der Waals surface area contributed by atoms with Gasteiger partial charge in [0.05, 0.1) is 12.3 Å². The summed E-state index contributed by atoms with van der Waals surface area (Å²) in [6.07, 6.45) is 0. The molecule has 0 unspecified atom stereocenters. The Morgan fingerprint density at radius 1 is 1.50 bits per heavy atom. The van der Waals surface area contributed by atoms with Crippen molar-refractivity contribution >= 4 is 23.0 Å². The third kappa shape index (κ3) is 2.15. The zero-order valence-corrected chi connectivity index (χ0v) is 7.87. The lowest BCUT2D eigenvalue weighted by Gasteiger charge is -2.10. The van der Waals surface area contributed by atoms with Gasteiger partial charge in [-0.3, -0.25) is 0 Å². The van der Waals surface area contributed by atoms with Crippen LogP contribution in [0.5, 0.6) is 0 Å². The van der Waals surface area contributed by atoms with Gasteiger partial charge in [-0.15, -0.1) is 0 Å². The van der Waals surface area contributed by atoms with E-state index in [1.807, 2.05) is 0 Å². The topological polar surface area (TPSA) is 58.3 Å². The molecule has 3 nitrogen and oxygen atoms in total. The SMILES string of the molecule is NC(=S)Nc1c(CO)ccc(F)c1F. The van der Waals surface area contributed by atoms with Crippen LogP contribution in [0.15, 0.2) is 12.1 Å². The molecule has 1 aromatic carbocycles. The molecule has 6 heteroatoms. The second kappa shape index (κ2) is 4.30. The van der Waals surface area contributed by atoms with Crippen molar-refractivity contribution in [3.8, 4) is 0 Å². The van der Waals surface area contributed by atoms with Gasteiger partial charge in [-0.05, 0) is 18.3 Å². The summed E-state index contributed by atoms with van der Waals surface area (Å²) in [7, 11) is 0. The molecule has 0 atom stereocenters. The predicted octanol–water partition coefficient (Wildman–Crippen LogP) is 1.11. The minimum Gasteiger partial charge on any atom is -0.392 e. The second-order valence-electron chi connectivity index (χ2n) is 2.54. The Hall–Kier alpha value is -1.27. The van der Waals surface area contributed by atoms with Gasteiger partial charge in [-0.1, -0.05) is 6.07 Å². The maximum absolute atomic E-state index is 13.1. The first-order valence-corrected chi connectivity index (χ1v) is 4.11. The molecule has 0 fully saturated rings. The van der Waals surface area contributed by atoms with E-state index in [4.69, 9.17) is 10.8 Å². The lowest BCUT2D eigenvalue weighted by molar-refractivity contribution is 0.281. The number of rotatable bonds is 2. The summed E-state index contributed by atoms with van der Waals surface area (Å²) in [5.74, 6) is -2.13. The Morgan fingerprint density at radius 2 is 2.14 bits per heavy atom. The summed E-state index contributed by atoms with van der Waals surface area (Å²) in [4.78, 5) is 0. The van der Waals surface area contributed by atoms with Crippen molar-refractivity contribution in [3.05, 3.63) is 29.3 Å². The van der Waals surface area contributed by atoms with E-state index in [9.17, 15) is 8.78 Å². The highest BCUT2D eigenvalue weighted by Gasteiger charge is 2.13. The Kier molecular flexibility index (Phi) is 3.32. The fourth-order valence-electron chi connectivity index (χ4n) is 0.981. The maximum atomic E-state index is 13.1. The van der Waals surface area contributed by atoms with E-state index in [0.29, 0.717) is 0 Å². The lowest BCUT2D eigenvalue weighted by Crippen LogP contribution is -2.21. The van der Waals surface area contributed by atoms with Crippen molar-refractivity contribution in [3.63, 3.8) is 0 Å². The van der Waals surface area contributed by atoms with Gasteiger partial charge in [0.2, 0.25) is 0 Å². The summed E-state index contributed by atoms with van der Waals surface area (Å²) in [6.45, 7) is -0.428. The van der Waals surface area contributed by atoms with E-state index in [2.05, 4.69) is 17.5 Å². The standard InChI is InChI=1S/C8H8F2N2OS/c9-5-2-1-4(3-13)7(6(5)10)12-8(11)14/h1-2,13H,3H2,(H3,11,12,14). The van der Waals surface area contributed by atoms with Crippen LogP contribution in [0, 0.1) is 11.6 Å². The minimum absolute atomic E-state index is 0.191. The molecule has 0 saturated heterocycles. The normalized spacial score (nSPS) is 9.93. The Labute approximate surface area is 84.5 Å². The molecule has 0 radical (unpaired) electrons. The lowest BCUT2D eigenvalue weighted by atomic mass is 10.1. The molecule has 0 aliphatic carbocycles. The Balaban J connectivity index is 3.20. The van der Waals surface area contributed by atoms with Gasteiger partial charge in [-0.2, -0.15) is 0 Å². The number of benzene rings is 1. The highest BCUT2D eigenvalue weighted by atomic mass is 32.1. The zero-order chi connectivity index (χ0) is 10.7. The minimum atomic E-state index is -1.11. The van der Waals surface area contributed by atoms with Crippen molar-refractivity contribution in [2.75, 3.05) is 5.32 Å². The van der Waals surface area contributed by atoms with Gasteiger partial charge in [-0.25, -0.2) is 8.78 Å². The number of anilines is 1. The Morgan fingerprint density at radius 3 is 2.64 bits per heavy atom. The molecule has 0 aliphatic rings. The van der Waals surface area contributed by atoms with Gasteiger partial charge in [0.15, 0.2) is 16.7 Å². The van der Waals surface area contributed by atoms with E-state index in [-0.39, 0.29) is 16.4 Å². The first-order valence-electron chi connectivity index (χ1n) is 3.70. The van der Waals surface area contributed by atoms with Crippen LogP contribution in [0.1, 0.15) is 5.56 Å². The average molecular weight is 218 g/mol. The fraction of sp³-hybridized carbons (Fsp3) is 0.125. The van der Waals surface area contributed by atoms with E-state index in [1.165, 1.54) is 6.07 Å². The first-order chi connectivity index (χ1) is 6.56. The molecular formula is C8H8F2N2OS. The van der Waals surface area contributed by atoms with Crippen LogP contribution in [-0.4, -0.2) is 10.2 Å². The number of aliphatic hydroxyl groups is 1. The smallest absolute Gasteiger partial charge is 0.182 e. The molecule has 4 N–H and O–H groups in total. The quantitative estimate of drug-likeness (QED) is 0.651. The fourth-order valence-corrected chi connectivity index (χ4v) is 1.08. The second-order valence-corrected chi connectivity index (χ2v) is 2.98. The van der Waals surface area contributed by atoms with Crippen LogP contribution in [-0.2, 0) is 6.61 Å². The van der Waals surface area contributed by atoms with Crippen LogP contribution in [0.2, 0.25) is 0 Å². The van der Waals surface area contributed by atoms with Gasteiger partial charge >= 0.3 is 0 Å². The van der Waals surface area contributed by atoms with E-state index in [0.717, 1.165) is 6.07 Å². The third-order valence-electron chi connectivity index (χ3n) is 1.60. The molecule has 0 saturated carbocycles. The van der Waals surface area contributed by atoms with Crippen LogP contribution in [0.25, 0.3) is 0 Å². The molecule has 0 heterocycles. The van der Waals surface area contributed by atoms with Crippen LogP contribution >= 0.6 is 12.2 Å². The molecular weight excluding hydrogens is 210 g/mol. The number of thiocarbonyl (C=S) groups is 1. The van der Waals surface area contributed by atoms with Gasteiger partial charge in [0.25, 0.3) is 0 Å². The molecule has 76 valence electrons. The van der Waals surface area contributed by atoms with Crippen molar-refractivity contribution in [2.24, 2.45) is 5.73 Å². The highest BCUT2D eigenvalue weighted by Crippen LogP contribution is 2.22. The molecule has 14 heavy (non-hydrogen) atoms. The van der Waals surface area contributed by atoms with E-state index >= 15 is 0 Å². The summed E-state index contributed by atoms with van der Waals surface area (Å²) < 4.78 is 25.9. The molecule has 1 aromatic rings. The maximum Gasteiger partial charge on any atom is 0.182 e. The van der Waals surface area contributed by atoms with Crippen molar-refractivity contribution in [1.82, 2.24) is 0 Å². The van der Waals surface area contributed by atoms with Crippen molar-refractivity contribution in [2.45, 2.75) is 6.61 Å². The van der Waals surface area contributed by atoms with Gasteiger partial charge in [0, 0.05) is 5.56 Å². The molecule has 0 aromatic heterocycles. The van der Waals surface area contributed by atoms with Gasteiger partial charge < -0.3 is 16.2 Å². The summed E-state index contributed by atoms with van der Waals surface area (Å²) in [5.41, 5.74) is 5.09. The van der Waals surface area contributed by atoms with E-state index in [1.54, 1.807) is 0 Å². The number of halogens is 2. The number of nitrogens with one attached hydrogen (secondary N) is 1. The zero-order valence-electron chi connectivity index (χ0n) is 7.05. The summed E-state index contributed by atoms with van der Waals surface area (Å²) >= 11 is 4.48. The number of aliphatic hydroxyl groups excluding tert-OH is 1. The number of hydrogen-bond donors (Lipinski definition) is 3. The molecule has 0 amide bonds. The van der Waals surface area contributed by atoms with Crippen LogP contribution < -0.4 is 11.1 Å². The molecule has 0 bridgehead atoms. The Bertz CT molecular complexity index is 371. The highest BCUT2D eigenvalue weighted by molar-refractivity contribution is 7.80. The van der Waals surface area contributed by atoms with Crippen LogP contribution in [0.3, 0.4) is 0 Å². The first kappa shape index (κ1) is 10.8. The average Bonchev–Trinajstić information content (AvgIpc) is 2.13. The van der Waals surface area contributed by atoms with Crippen LogP contribution in [0.4, 0.5) is 14.5 Å².